The Balaban J connectivity index is 1.45. The van der Waals surface area contributed by atoms with Gasteiger partial charge in [-0.3, -0.25) is 19.7 Å². The molecular weight excluding hydrogens is 500 g/mol. The minimum absolute atomic E-state index is 0.00914. The number of fused-ring (bicyclic) bond motifs is 2. The van der Waals surface area contributed by atoms with E-state index in [0.717, 1.165) is 29.4 Å². The number of hydrogen-bond donors (Lipinski definition) is 3. The fourth-order valence-corrected chi connectivity index (χ4v) is 5.32. The smallest absolute Gasteiger partial charge is 0.322 e. The average Bonchev–Trinajstić information content (AvgIpc) is 3.58. The molecule has 0 bridgehead atoms. The first-order chi connectivity index (χ1) is 18.8. The Labute approximate surface area is 226 Å². The number of amides is 5. The largest absolute Gasteiger partial charge is 0.497 e. The van der Waals surface area contributed by atoms with E-state index in [1.54, 1.807) is 18.2 Å². The maximum Gasteiger partial charge on any atom is 0.322 e. The Morgan fingerprint density at radius 3 is 2.67 bits per heavy atom. The normalized spacial score (nSPS) is 19.2. The van der Waals surface area contributed by atoms with Crippen molar-refractivity contribution in [2.24, 2.45) is 0 Å². The lowest BCUT2D eigenvalue weighted by Gasteiger charge is -2.29. The summed E-state index contributed by atoms with van der Waals surface area (Å²) in [6.45, 7) is 4.87. The molecule has 39 heavy (non-hydrogen) atoms. The molecule has 0 aliphatic carbocycles. The molecule has 1 fully saturated rings. The van der Waals surface area contributed by atoms with Gasteiger partial charge in [-0.1, -0.05) is 26.0 Å². The van der Waals surface area contributed by atoms with Crippen molar-refractivity contribution < 1.29 is 28.3 Å². The molecule has 204 valence electrons. The van der Waals surface area contributed by atoms with Gasteiger partial charge in [0, 0.05) is 30.5 Å². The van der Waals surface area contributed by atoms with Gasteiger partial charge in [0.15, 0.2) is 5.54 Å². The maximum atomic E-state index is 13.3. The van der Waals surface area contributed by atoms with E-state index in [2.05, 4.69) is 16.0 Å². The SMILES string of the molecule is CCCNC(=O)CC(CC)c1ccc2oc(C3(CN4Cc5ccc(OC)cc5C4=O)NC(=O)NC3=O)cc2c1. The molecular formula is C29H32N4O6. The first kappa shape index (κ1) is 26.3. The zero-order chi connectivity index (χ0) is 27.7. The number of nitrogens with one attached hydrogen (secondary N) is 3. The second-order valence-electron chi connectivity index (χ2n) is 10.1. The van der Waals surface area contributed by atoms with Crippen LogP contribution in [0.3, 0.4) is 0 Å². The summed E-state index contributed by atoms with van der Waals surface area (Å²) in [4.78, 5) is 52.7. The highest BCUT2D eigenvalue weighted by molar-refractivity contribution is 6.08. The van der Waals surface area contributed by atoms with Crippen molar-refractivity contribution in [3.8, 4) is 5.75 Å². The second-order valence-corrected chi connectivity index (χ2v) is 10.1. The lowest BCUT2D eigenvalue weighted by Crippen LogP contribution is -2.52. The molecule has 1 aromatic heterocycles. The van der Waals surface area contributed by atoms with E-state index in [4.69, 9.17) is 9.15 Å². The minimum Gasteiger partial charge on any atom is -0.497 e. The third-order valence-electron chi connectivity index (χ3n) is 7.49. The number of benzene rings is 2. The van der Waals surface area contributed by atoms with Crippen molar-refractivity contribution in [3.63, 3.8) is 0 Å². The topological polar surface area (TPSA) is 130 Å². The number of nitrogens with zero attached hydrogens (tertiary/aromatic N) is 1. The number of furan rings is 1. The summed E-state index contributed by atoms with van der Waals surface area (Å²) in [5.41, 5.74) is 1.23. The highest BCUT2D eigenvalue weighted by atomic mass is 16.5. The van der Waals surface area contributed by atoms with Crippen molar-refractivity contribution in [1.82, 2.24) is 20.9 Å². The molecule has 2 aliphatic heterocycles. The van der Waals surface area contributed by atoms with Gasteiger partial charge in [-0.2, -0.15) is 0 Å². The van der Waals surface area contributed by atoms with Crippen molar-refractivity contribution in [2.45, 2.75) is 51.1 Å². The van der Waals surface area contributed by atoms with Crippen molar-refractivity contribution in [1.29, 1.82) is 0 Å². The molecule has 10 nitrogen and oxygen atoms in total. The van der Waals surface area contributed by atoms with Crippen molar-refractivity contribution in [2.75, 3.05) is 20.2 Å². The Morgan fingerprint density at radius 1 is 1.15 bits per heavy atom. The third kappa shape index (κ3) is 4.82. The van der Waals surface area contributed by atoms with Gasteiger partial charge < -0.3 is 24.7 Å². The van der Waals surface area contributed by atoms with Crippen LogP contribution in [0.4, 0.5) is 4.79 Å². The Hall–Kier alpha value is -4.34. The van der Waals surface area contributed by atoms with Crippen LogP contribution < -0.4 is 20.7 Å². The van der Waals surface area contributed by atoms with Crippen LogP contribution in [-0.4, -0.2) is 48.9 Å². The summed E-state index contributed by atoms with van der Waals surface area (Å²) in [7, 11) is 1.53. The summed E-state index contributed by atoms with van der Waals surface area (Å²) in [5, 5.41) is 8.69. The summed E-state index contributed by atoms with van der Waals surface area (Å²) >= 11 is 0. The molecule has 3 N–H and O–H groups in total. The molecule has 0 radical (unpaired) electrons. The zero-order valence-corrected chi connectivity index (χ0v) is 22.3. The second kappa shape index (κ2) is 10.4. The molecule has 0 spiro atoms. The van der Waals surface area contributed by atoms with Crippen LogP contribution in [0.5, 0.6) is 5.75 Å². The number of rotatable bonds is 10. The van der Waals surface area contributed by atoms with Gasteiger partial charge in [-0.15, -0.1) is 0 Å². The number of methoxy groups -OCH3 is 1. The van der Waals surface area contributed by atoms with E-state index in [1.807, 2.05) is 38.1 Å². The van der Waals surface area contributed by atoms with Gasteiger partial charge in [0.2, 0.25) is 5.91 Å². The maximum absolute atomic E-state index is 13.3. The molecule has 2 aromatic carbocycles. The van der Waals surface area contributed by atoms with E-state index in [-0.39, 0.29) is 36.6 Å². The molecule has 2 unspecified atom stereocenters. The molecule has 10 heteroatoms. The van der Waals surface area contributed by atoms with Crippen LogP contribution in [0.25, 0.3) is 11.0 Å². The Bertz CT molecular complexity index is 1460. The first-order valence-electron chi connectivity index (χ1n) is 13.2. The fourth-order valence-electron chi connectivity index (χ4n) is 5.32. The van der Waals surface area contributed by atoms with Crippen LogP contribution in [0.2, 0.25) is 0 Å². The zero-order valence-electron chi connectivity index (χ0n) is 22.3. The molecule has 2 atom stereocenters. The number of hydrogen-bond acceptors (Lipinski definition) is 6. The van der Waals surface area contributed by atoms with Gasteiger partial charge in [0.05, 0.1) is 13.7 Å². The molecule has 5 rings (SSSR count). The minimum atomic E-state index is -1.59. The lowest BCUT2D eigenvalue weighted by molar-refractivity contribution is -0.125. The van der Waals surface area contributed by atoms with Crippen LogP contribution in [-0.2, 0) is 21.7 Å². The van der Waals surface area contributed by atoms with Gasteiger partial charge >= 0.3 is 6.03 Å². The molecule has 1 saturated heterocycles. The van der Waals surface area contributed by atoms with E-state index in [1.165, 1.54) is 12.0 Å². The third-order valence-corrected chi connectivity index (χ3v) is 7.49. The van der Waals surface area contributed by atoms with Gasteiger partial charge in [0.1, 0.15) is 17.1 Å². The molecule has 3 aromatic rings. The predicted molar refractivity (Wildman–Crippen MR) is 143 cm³/mol. The van der Waals surface area contributed by atoms with E-state index in [9.17, 15) is 19.2 Å². The van der Waals surface area contributed by atoms with Gasteiger partial charge in [0.25, 0.3) is 11.8 Å². The summed E-state index contributed by atoms with van der Waals surface area (Å²) in [6, 6.07) is 12.0. The van der Waals surface area contributed by atoms with Crippen LogP contribution >= 0.6 is 0 Å². The summed E-state index contributed by atoms with van der Waals surface area (Å²) in [6.07, 6.45) is 2.03. The molecule has 3 heterocycles. The Kier molecular flexibility index (Phi) is 7.03. The quantitative estimate of drug-likeness (QED) is 0.343. The van der Waals surface area contributed by atoms with Gasteiger partial charge in [-0.25, -0.2) is 4.79 Å². The fraction of sp³-hybridized carbons (Fsp3) is 0.379. The summed E-state index contributed by atoms with van der Waals surface area (Å²) in [5.74, 6) is -0.0319. The van der Waals surface area contributed by atoms with Crippen molar-refractivity contribution >= 4 is 34.7 Å². The van der Waals surface area contributed by atoms with E-state index < -0.39 is 17.5 Å². The van der Waals surface area contributed by atoms with Crippen LogP contribution in [0, 0.1) is 0 Å². The Morgan fingerprint density at radius 2 is 1.97 bits per heavy atom. The first-order valence-corrected chi connectivity index (χ1v) is 13.2. The highest BCUT2D eigenvalue weighted by Crippen LogP contribution is 2.36. The number of imide groups is 1. The molecule has 5 amide bonds. The van der Waals surface area contributed by atoms with Crippen molar-refractivity contribution in [3.05, 3.63) is 64.9 Å². The number of ether oxygens (including phenoxy) is 1. The molecule has 2 aliphatic rings. The predicted octanol–water partition coefficient (Wildman–Crippen LogP) is 3.54. The average molecular weight is 533 g/mol. The van der Waals surface area contributed by atoms with Gasteiger partial charge in [-0.05, 0) is 60.2 Å². The van der Waals surface area contributed by atoms with Crippen LogP contribution in [0.1, 0.15) is 66.3 Å². The van der Waals surface area contributed by atoms with Crippen LogP contribution in [0.15, 0.2) is 46.9 Å². The molecule has 0 saturated carbocycles. The number of carbonyl (C=O) groups excluding carboxylic acids is 4. The van der Waals surface area contributed by atoms with E-state index in [0.29, 0.717) is 29.9 Å². The standard InChI is InChI=1S/C29H32N4O6/c1-4-10-30-25(34)13-17(5-2)18-7-9-23-20(11-18)12-24(39-23)29(27(36)31-28(37)32-29)16-33-15-19-6-8-21(38-3)14-22(19)26(33)35/h6-9,11-12,14,17H,4-5,10,13,15-16H2,1-3H3,(H,30,34)(H2,31,32,36,37). The summed E-state index contributed by atoms with van der Waals surface area (Å²) < 4.78 is 11.4. The number of carbonyl (C=O) groups is 4. The monoisotopic (exact) mass is 532 g/mol. The lowest BCUT2D eigenvalue weighted by atomic mass is 9.91. The van der Waals surface area contributed by atoms with E-state index >= 15 is 0 Å². The highest BCUT2D eigenvalue weighted by Gasteiger charge is 2.53. The number of urea groups is 1.